The third-order valence-electron chi connectivity index (χ3n) is 5.02. The lowest BCUT2D eigenvalue weighted by atomic mass is 9.90. The number of nitro groups is 1. The zero-order valence-corrected chi connectivity index (χ0v) is 14.8. The first-order chi connectivity index (χ1) is 13.7. The minimum atomic E-state index is -0.380. The van der Waals surface area contributed by atoms with Crippen LogP contribution in [0.3, 0.4) is 0 Å². The van der Waals surface area contributed by atoms with Crippen LogP contribution in [-0.2, 0) is 0 Å². The minimum Gasteiger partial charge on any atom is -0.361 e. The van der Waals surface area contributed by atoms with Gasteiger partial charge < -0.3 is 4.98 Å². The van der Waals surface area contributed by atoms with Crippen molar-refractivity contribution in [1.82, 2.24) is 4.98 Å². The number of fused-ring (bicyclic) bond motifs is 2. The smallest absolute Gasteiger partial charge is 0.269 e. The van der Waals surface area contributed by atoms with Gasteiger partial charge in [-0.2, -0.15) is 0 Å². The summed E-state index contributed by atoms with van der Waals surface area (Å²) in [7, 11) is 0. The van der Waals surface area contributed by atoms with Gasteiger partial charge in [-0.05, 0) is 29.8 Å². The van der Waals surface area contributed by atoms with E-state index in [-0.39, 0.29) is 10.6 Å². The van der Waals surface area contributed by atoms with Crippen molar-refractivity contribution in [2.75, 3.05) is 0 Å². The average Bonchev–Trinajstić information content (AvgIpc) is 3.34. The zero-order valence-electron chi connectivity index (χ0n) is 14.8. The van der Waals surface area contributed by atoms with E-state index >= 15 is 0 Å². The van der Waals surface area contributed by atoms with Gasteiger partial charge in [0.1, 0.15) is 0 Å². The molecule has 5 rings (SSSR count). The predicted octanol–water partition coefficient (Wildman–Crippen LogP) is 5.75. The number of nitrogens with one attached hydrogen (secondary N) is 1. The van der Waals surface area contributed by atoms with Crippen LogP contribution in [-0.4, -0.2) is 16.1 Å². The summed E-state index contributed by atoms with van der Waals surface area (Å²) in [4.78, 5) is 18.6. The highest BCUT2D eigenvalue weighted by Gasteiger charge is 2.21. The summed E-state index contributed by atoms with van der Waals surface area (Å²) in [5, 5.41) is 12.2. The third kappa shape index (κ3) is 2.53. The Balaban J connectivity index is 1.80. The van der Waals surface area contributed by atoms with Gasteiger partial charge in [0.2, 0.25) is 0 Å². The first-order valence-corrected chi connectivity index (χ1v) is 8.91. The molecule has 0 radical (unpaired) electrons. The van der Waals surface area contributed by atoms with Crippen molar-refractivity contribution in [2.24, 2.45) is 4.99 Å². The van der Waals surface area contributed by atoms with E-state index in [0.717, 1.165) is 44.4 Å². The highest BCUT2D eigenvalue weighted by Crippen LogP contribution is 2.41. The molecule has 1 aromatic heterocycles. The molecule has 0 saturated carbocycles. The Morgan fingerprint density at radius 3 is 2.50 bits per heavy atom. The number of rotatable bonds is 3. The molecule has 2 heterocycles. The number of non-ortho nitro benzene ring substituents is 1. The SMILES string of the molecule is O=[N+]([O-])c1ccc(/C(=C2/C=Nc3ccccc32)c2c[nH]c3ccccc23)cc1. The molecule has 0 unspecified atom stereocenters. The molecule has 0 amide bonds. The Labute approximate surface area is 160 Å². The van der Waals surface area contributed by atoms with Crippen LogP contribution < -0.4 is 0 Å². The predicted molar refractivity (Wildman–Crippen MR) is 112 cm³/mol. The van der Waals surface area contributed by atoms with Gasteiger partial charge in [-0.1, -0.05) is 36.4 Å². The molecule has 0 saturated heterocycles. The Kier molecular flexibility index (Phi) is 3.66. The van der Waals surface area contributed by atoms with E-state index in [0.29, 0.717) is 0 Å². The van der Waals surface area contributed by atoms with E-state index in [1.807, 2.05) is 48.8 Å². The normalized spacial score (nSPS) is 14.3. The number of allylic oxidation sites excluding steroid dienone is 1. The second-order valence-corrected chi connectivity index (χ2v) is 6.62. The van der Waals surface area contributed by atoms with E-state index < -0.39 is 0 Å². The number of aromatic amines is 1. The van der Waals surface area contributed by atoms with E-state index in [2.05, 4.69) is 22.1 Å². The summed E-state index contributed by atoms with van der Waals surface area (Å²) in [6, 6.07) is 22.8. The van der Waals surface area contributed by atoms with Crippen LogP contribution in [0.2, 0.25) is 0 Å². The first kappa shape index (κ1) is 16.2. The van der Waals surface area contributed by atoms with Crippen LogP contribution in [0, 0.1) is 10.1 Å². The van der Waals surface area contributed by atoms with Crippen LogP contribution in [0.25, 0.3) is 22.0 Å². The van der Waals surface area contributed by atoms with E-state index in [1.165, 1.54) is 0 Å². The molecule has 0 bridgehead atoms. The van der Waals surface area contributed by atoms with Gasteiger partial charge in [-0.15, -0.1) is 0 Å². The number of hydrogen-bond acceptors (Lipinski definition) is 3. The number of nitrogens with zero attached hydrogens (tertiary/aromatic N) is 2. The van der Waals surface area contributed by atoms with Gasteiger partial charge in [0, 0.05) is 57.7 Å². The summed E-state index contributed by atoms with van der Waals surface area (Å²) in [6.07, 6.45) is 3.87. The van der Waals surface area contributed by atoms with Gasteiger partial charge in [0.05, 0.1) is 10.6 Å². The Bertz CT molecular complexity index is 1280. The summed E-state index contributed by atoms with van der Waals surface area (Å²) in [5.41, 5.74) is 7.07. The van der Waals surface area contributed by atoms with Crippen molar-refractivity contribution < 1.29 is 4.92 Å². The molecular formula is C23H15N3O2. The first-order valence-electron chi connectivity index (χ1n) is 8.91. The third-order valence-corrected chi connectivity index (χ3v) is 5.02. The Morgan fingerprint density at radius 1 is 0.929 bits per heavy atom. The number of para-hydroxylation sites is 2. The van der Waals surface area contributed by atoms with Crippen molar-refractivity contribution in [1.29, 1.82) is 0 Å². The van der Waals surface area contributed by atoms with Crippen LogP contribution >= 0.6 is 0 Å². The van der Waals surface area contributed by atoms with Crippen molar-refractivity contribution >= 4 is 39.6 Å². The molecule has 0 spiro atoms. The van der Waals surface area contributed by atoms with Gasteiger partial charge in [-0.25, -0.2) is 0 Å². The molecule has 1 N–H and O–H groups in total. The topological polar surface area (TPSA) is 71.3 Å². The highest BCUT2D eigenvalue weighted by atomic mass is 16.6. The fraction of sp³-hybridized carbons (Fsp3) is 0. The molecule has 1 aliphatic rings. The number of nitro benzene ring substituents is 1. The van der Waals surface area contributed by atoms with Gasteiger partial charge in [0.15, 0.2) is 0 Å². The molecule has 5 heteroatoms. The lowest BCUT2D eigenvalue weighted by Gasteiger charge is -2.12. The second-order valence-electron chi connectivity index (χ2n) is 6.62. The number of hydrogen-bond donors (Lipinski definition) is 1. The highest BCUT2D eigenvalue weighted by molar-refractivity contribution is 6.27. The lowest BCUT2D eigenvalue weighted by molar-refractivity contribution is -0.384. The standard InChI is InChI=1S/C23H15N3O2/c27-26(28)16-11-9-15(10-12-16)23(19-13-24-21-7-3-1-5-17(19)21)20-14-25-22-8-4-2-6-18(20)22/h1-14,24H/b23-20+. The summed E-state index contributed by atoms with van der Waals surface area (Å²) < 4.78 is 0. The lowest BCUT2D eigenvalue weighted by Crippen LogP contribution is -1.95. The molecule has 134 valence electrons. The number of aromatic nitrogens is 1. The van der Waals surface area contributed by atoms with Crippen molar-refractivity contribution in [3.05, 3.63) is 106 Å². The molecule has 0 atom stereocenters. The second kappa shape index (κ2) is 6.32. The van der Waals surface area contributed by atoms with Crippen molar-refractivity contribution in [3.8, 4) is 0 Å². The largest absolute Gasteiger partial charge is 0.361 e. The van der Waals surface area contributed by atoms with Crippen LogP contribution in [0.5, 0.6) is 0 Å². The maximum Gasteiger partial charge on any atom is 0.269 e. The fourth-order valence-corrected chi connectivity index (χ4v) is 3.70. The average molecular weight is 365 g/mol. The summed E-state index contributed by atoms with van der Waals surface area (Å²) in [6.45, 7) is 0. The number of aliphatic imine (C=N–C) groups is 1. The maximum absolute atomic E-state index is 11.1. The van der Waals surface area contributed by atoms with Crippen LogP contribution in [0.4, 0.5) is 11.4 Å². The Morgan fingerprint density at radius 2 is 1.68 bits per heavy atom. The zero-order chi connectivity index (χ0) is 19.1. The monoisotopic (exact) mass is 365 g/mol. The molecule has 1 aliphatic heterocycles. The molecule has 28 heavy (non-hydrogen) atoms. The fourth-order valence-electron chi connectivity index (χ4n) is 3.70. The van der Waals surface area contributed by atoms with Gasteiger partial charge >= 0.3 is 0 Å². The number of H-pyrrole nitrogens is 1. The van der Waals surface area contributed by atoms with Crippen LogP contribution in [0.15, 0.2) is 84.0 Å². The van der Waals surface area contributed by atoms with E-state index in [1.54, 1.807) is 24.3 Å². The summed E-state index contributed by atoms with van der Waals surface area (Å²) in [5.74, 6) is 0. The van der Waals surface area contributed by atoms with Crippen LogP contribution in [0.1, 0.15) is 16.7 Å². The van der Waals surface area contributed by atoms with Gasteiger partial charge in [-0.3, -0.25) is 15.1 Å². The summed E-state index contributed by atoms with van der Waals surface area (Å²) >= 11 is 0. The Hall–Kier alpha value is -3.99. The molecule has 0 aliphatic carbocycles. The van der Waals surface area contributed by atoms with Crippen molar-refractivity contribution in [3.63, 3.8) is 0 Å². The number of benzene rings is 3. The minimum absolute atomic E-state index is 0.0764. The molecular weight excluding hydrogens is 350 g/mol. The van der Waals surface area contributed by atoms with Crippen molar-refractivity contribution in [2.45, 2.75) is 0 Å². The molecule has 4 aromatic rings. The maximum atomic E-state index is 11.1. The van der Waals surface area contributed by atoms with E-state index in [4.69, 9.17) is 0 Å². The molecule has 5 nitrogen and oxygen atoms in total. The van der Waals surface area contributed by atoms with Gasteiger partial charge in [0.25, 0.3) is 5.69 Å². The molecule has 3 aromatic carbocycles. The van der Waals surface area contributed by atoms with E-state index in [9.17, 15) is 10.1 Å². The molecule has 0 fully saturated rings. The quantitative estimate of drug-likeness (QED) is 0.371.